The second kappa shape index (κ2) is 4.88. The number of hydrogen-bond acceptors (Lipinski definition) is 3. The number of ether oxygens (including phenoxy) is 2. The summed E-state index contributed by atoms with van der Waals surface area (Å²) in [6.07, 6.45) is 4.45. The molecule has 0 atom stereocenters. The first-order chi connectivity index (χ1) is 9.22. The van der Waals surface area contributed by atoms with Crippen LogP contribution in [0.25, 0.3) is 0 Å². The largest absolute Gasteiger partial charge is 0.486 e. The zero-order valence-electron chi connectivity index (χ0n) is 11.3. The number of nitrogens with two attached hydrogens (primary N) is 1. The van der Waals surface area contributed by atoms with E-state index < -0.39 is 0 Å². The van der Waals surface area contributed by atoms with E-state index in [1.807, 2.05) is 0 Å². The third-order valence-corrected chi connectivity index (χ3v) is 4.78. The van der Waals surface area contributed by atoms with Gasteiger partial charge in [0.1, 0.15) is 13.2 Å². The molecule has 19 heavy (non-hydrogen) atoms. The van der Waals surface area contributed by atoms with E-state index in [9.17, 15) is 0 Å². The molecule has 3 rings (SSSR count). The van der Waals surface area contributed by atoms with Crippen molar-refractivity contribution in [2.75, 3.05) is 19.8 Å². The Kier molecular flexibility index (Phi) is 3.35. The van der Waals surface area contributed by atoms with E-state index in [-0.39, 0.29) is 5.41 Å². The van der Waals surface area contributed by atoms with Gasteiger partial charge in [0.05, 0.1) is 5.02 Å². The highest BCUT2D eigenvalue weighted by Crippen LogP contribution is 2.50. The van der Waals surface area contributed by atoms with E-state index in [4.69, 9.17) is 26.8 Å². The van der Waals surface area contributed by atoms with Gasteiger partial charge in [0.25, 0.3) is 0 Å². The molecule has 104 valence electrons. The molecule has 1 saturated carbocycles. The predicted molar refractivity (Wildman–Crippen MR) is 76.4 cm³/mol. The third kappa shape index (κ3) is 1.91. The first-order valence-corrected chi connectivity index (χ1v) is 7.41. The molecule has 1 aromatic rings. The van der Waals surface area contributed by atoms with Crippen LogP contribution in [0, 0.1) is 0 Å². The van der Waals surface area contributed by atoms with Gasteiger partial charge < -0.3 is 15.2 Å². The first kappa shape index (κ1) is 13.1. The van der Waals surface area contributed by atoms with E-state index in [0.29, 0.717) is 30.5 Å². The fourth-order valence-corrected chi connectivity index (χ4v) is 3.48. The average Bonchev–Trinajstić information content (AvgIpc) is 2.39. The van der Waals surface area contributed by atoms with Gasteiger partial charge >= 0.3 is 0 Å². The van der Waals surface area contributed by atoms with Gasteiger partial charge in [-0.2, -0.15) is 0 Å². The van der Waals surface area contributed by atoms with Gasteiger partial charge in [0, 0.05) is 17.5 Å². The third-order valence-electron chi connectivity index (χ3n) is 4.50. The van der Waals surface area contributed by atoms with Gasteiger partial charge in [-0.15, -0.1) is 0 Å². The van der Waals surface area contributed by atoms with Gasteiger partial charge in [-0.1, -0.05) is 24.9 Å². The van der Waals surface area contributed by atoms with Crippen molar-refractivity contribution in [1.29, 1.82) is 0 Å². The Morgan fingerprint density at radius 1 is 1.26 bits per heavy atom. The maximum atomic E-state index is 6.37. The molecular formula is C15H20ClNO2. The van der Waals surface area contributed by atoms with Crippen molar-refractivity contribution in [1.82, 2.24) is 0 Å². The summed E-state index contributed by atoms with van der Waals surface area (Å²) in [5.41, 5.74) is 8.64. The second-order valence-electron chi connectivity index (χ2n) is 5.43. The van der Waals surface area contributed by atoms with E-state index in [2.05, 4.69) is 13.0 Å². The molecule has 2 aliphatic rings. The minimum atomic E-state index is 0.102. The Bertz CT molecular complexity index is 492. The molecule has 4 heteroatoms. The lowest BCUT2D eigenvalue weighted by Gasteiger charge is -2.43. The molecule has 1 aliphatic carbocycles. The number of halogens is 1. The molecule has 0 saturated heterocycles. The normalized spacial score (nSPS) is 19.9. The lowest BCUT2D eigenvalue weighted by Crippen LogP contribution is -2.42. The zero-order chi connectivity index (χ0) is 13.5. The fraction of sp³-hybridized carbons (Fsp3) is 0.600. The van der Waals surface area contributed by atoms with Gasteiger partial charge in [0.15, 0.2) is 11.5 Å². The highest BCUT2D eigenvalue weighted by molar-refractivity contribution is 6.32. The fourth-order valence-electron chi connectivity index (χ4n) is 3.23. The molecule has 1 fully saturated rings. The Balaban J connectivity index is 2.17. The molecule has 0 spiro atoms. The van der Waals surface area contributed by atoms with E-state index in [0.717, 1.165) is 25.0 Å². The van der Waals surface area contributed by atoms with Crippen LogP contribution in [-0.4, -0.2) is 19.8 Å². The van der Waals surface area contributed by atoms with E-state index in [1.54, 1.807) is 0 Å². The molecule has 1 aromatic carbocycles. The lowest BCUT2D eigenvalue weighted by atomic mass is 9.63. The minimum Gasteiger partial charge on any atom is -0.486 e. The van der Waals surface area contributed by atoms with Crippen molar-refractivity contribution in [3.05, 3.63) is 22.2 Å². The second-order valence-corrected chi connectivity index (χ2v) is 5.84. The maximum absolute atomic E-state index is 6.37. The van der Waals surface area contributed by atoms with Crippen molar-refractivity contribution in [2.24, 2.45) is 5.73 Å². The van der Waals surface area contributed by atoms with Gasteiger partial charge in [-0.25, -0.2) is 0 Å². The standard InChI is InChI=1S/C15H20ClNO2/c1-2-10-11(15(9-17)4-3-5-15)8-12(16)14-13(10)18-6-7-19-14/h8H,2-7,9,17H2,1H3. The topological polar surface area (TPSA) is 44.5 Å². The predicted octanol–water partition coefficient (Wildman–Crippen LogP) is 3.05. The van der Waals surface area contributed by atoms with Crippen LogP contribution in [0.15, 0.2) is 6.07 Å². The molecule has 0 unspecified atom stereocenters. The summed E-state index contributed by atoms with van der Waals surface area (Å²) in [7, 11) is 0. The zero-order valence-corrected chi connectivity index (χ0v) is 12.1. The average molecular weight is 282 g/mol. The number of benzene rings is 1. The van der Waals surface area contributed by atoms with Crippen molar-refractivity contribution in [3.8, 4) is 11.5 Å². The summed E-state index contributed by atoms with van der Waals surface area (Å²) in [4.78, 5) is 0. The molecule has 1 heterocycles. The SMILES string of the molecule is CCc1c(C2(CN)CCC2)cc(Cl)c2c1OCCO2. The first-order valence-electron chi connectivity index (χ1n) is 7.03. The van der Waals surface area contributed by atoms with Gasteiger partial charge in [-0.05, 0) is 30.9 Å². The number of rotatable bonds is 3. The highest BCUT2D eigenvalue weighted by Gasteiger charge is 2.40. The van der Waals surface area contributed by atoms with Crippen molar-refractivity contribution >= 4 is 11.6 Å². The molecule has 3 nitrogen and oxygen atoms in total. The molecular weight excluding hydrogens is 262 g/mol. The van der Waals surface area contributed by atoms with Crippen LogP contribution >= 0.6 is 11.6 Å². The monoisotopic (exact) mass is 281 g/mol. The van der Waals surface area contributed by atoms with Crippen LogP contribution in [0.3, 0.4) is 0 Å². The number of hydrogen-bond donors (Lipinski definition) is 1. The van der Waals surface area contributed by atoms with Crippen LogP contribution in [0.1, 0.15) is 37.3 Å². The molecule has 0 amide bonds. The van der Waals surface area contributed by atoms with Gasteiger partial charge in [0.2, 0.25) is 0 Å². The summed E-state index contributed by atoms with van der Waals surface area (Å²) < 4.78 is 11.5. The van der Waals surface area contributed by atoms with Crippen LogP contribution in [0.2, 0.25) is 5.02 Å². The van der Waals surface area contributed by atoms with Crippen LogP contribution in [0.5, 0.6) is 11.5 Å². The van der Waals surface area contributed by atoms with E-state index >= 15 is 0 Å². The smallest absolute Gasteiger partial charge is 0.180 e. The van der Waals surface area contributed by atoms with Crippen LogP contribution in [-0.2, 0) is 11.8 Å². The summed E-state index contributed by atoms with van der Waals surface area (Å²) >= 11 is 6.37. The van der Waals surface area contributed by atoms with Crippen molar-refractivity contribution in [3.63, 3.8) is 0 Å². The molecule has 0 aromatic heterocycles. The summed E-state index contributed by atoms with van der Waals surface area (Å²) in [6.45, 7) is 3.98. The molecule has 0 radical (unpaired) electrons. The van der Waals surface area contributed by atoms with Crippen molar-refractivity contribution < 1.29 is 9.47 Å². The van der Waals surface area contributed by atoms with E-state index in [1.165, 1.54) is 17.5 Å². The van der Waals surface area contributed by atoms with Gasteiger partial charge in [-0.3, -0.25) is 0 Å². The maximum Gasteiger partial charge on any atom is 0.180 e. The Hall–Kier alpha value is -0.930. The van der Waals surface area contributed by atoms with Crippen LogP contribution < -0.4 is 15.2 Å². The highest BCUT2D eigenvalue weighted by atomic mass is 35.5. The summed E-state index contributed by atoms with van der Waals surface area (Å²) in [5, 5.41) is 0.654. The summed E-state index contributed by atoms with van der Waals surface area (Å²) in [6, 6.07) is 2.06. The summed E-state index contributed by atoms with van der Waals surface area (Å²) in [5.74, 6) is 1.55. The molecule has 0 bridgehead atoms. The molecule has 1 aliphatic heterocycles. The minimum absolute atomic E-state index is 0.102. The Morgan fingerprint density at radius 3 is 2.47 bits per heavy atom. The molecule has 2 N–H and O–H groups in total. The quantitative estimate of drug-likeness (QED) is 0.926. The lowest BCUT2D eigenvalue weighted by molar-refractivity contribution is 0.168. The van der Waals surface area contributed by atoms with Crippen LogP contribution in [0.4, 0.5) is 0 Å². The Morgan fingerprint density at radius 2 is 1.95 bits per heavy atom. The Labute approximate surface area is 119 Å². The number of fused-ring (bicyclic) bond motifs is 1. The van der Waals surface area contributed by atoms with Crippen molar-refractivity contribution in [2.45, 2.75) is 38.0 Å².